The van der Waals surface area contributed by atoms with Crippen LogP contribution in [-0.2, 0) is 4.74 Å². The molecule has 3 N–H and O–H groups in total. The first-order valence-corrected chi connectivity index (χ1v) is 3.88. The molecule has 1 heterocycles. The van der Waals surface area contributed by atoms with Gasteiger partial charge in [-0.1, -0.05) is 0 Å². The van der Waals surface area contributed by atoms with Crippen LogP contribution in [0.3, 0.4) is 0 Å². The lowest BCUT2D eigenvalue weighted by Crippen LogP contribution is -2.05. The first kappa shape index (κ1) is 11.9. The maximum Gasteiger partial charge on any atom is 0.140 e. The minimum absolute atomic E-state index is 0. The fourth-order valence-corrected chi connectivity index (χ4v) is 0.857. The molecule has 0 saturated carbocycles. The van der Waals surface area contributed by atoms with Gasteiger partial charge in [0.1, 0.15) is 12.4 Å². The molecule has 0 amide bonds. The van der Waals surface area contributed by atoms with Gasteiger partial charge in [-0.05, 0) is 19.1 Å². The van der Waals surface area contributed by atoms with E-state index in [1.807, 2.05) is 19.1 Å². The van der Waals surface area contributed by atoms with E-state index in [1.165, 1.54) is 0 Å². The number of pyridine rings is 1. The lowest BCUT2D eigenvalue weighted by atomic mass is 10.3. The quantitative estimate of drug-likeness (QED) is 0.721. The number of hydrogen-bond acceptors (Lipinski definition) is 4. The first-order valence-electron chi connectivity index (χ1n) is 3.88. The molecule has 1 aromatic heterocycles. The van der Waals surface area contributed by atoms with Crippen LogP contribution in [0.1, 0.15) is 5.69 Å². The Bertz CT molecular complexity index is 241. The average molecular weight is 184 g/mol. The predicted octanol–water partition coefficient (Wildman–Crippen LogP) is 1.58. The monoisotopic (exact) mass is 184 g/mol. The molecule has 74 valence electrons. The number of ether oxygens (including phenoxy) is 2. The predicted molar refractivity (Wildman–Crippen MR) is 51.4 cm³/mol. The van der Waals surface area contributed by atoms with Crippen molar-refractivity contribution in [3.63, 3.8) is 0 Å². The van der Waals surface area contributed by atoms with Crippen LogP contribution in [0, 0.1) is 6.92 Å². The van der Waals surface area contributed by atoms with Crippen molar-refractivity contribution in [2.75, 3.05) is 20.3 Å². The van der Waals surface area contributed by atoms with E-state index in [-0.39, 0.29) is 6.15 Å². The molecule has 0 spiro atoms. The molecule has 0 unspecified atom stereocenters. The van der Waals surface area contributed by atoms with E-state index in [9.17, 15) is 0 Å². The maximum absolute atomic E-state index is 5.39. The molecule has 0 radical (unpaired) electrons. The van der Waals surface area contributed by atoms with Crippen molar-refractivity contribution in [1.29, 1.82) is 0 Å². The number of aryl methyl sites for hydroxylation is 1. The van der Waals surface area contributed by atoms with Gasteiger partial charge in [-0.25, -0.2) is 0 Å². The van der Waals surface area contributed by atoms with Gasteiger partial charge < -0.3 is 15.6 Å². The smallest absolute Gasteiger partial charge is 0.140 e. The van der Waals surface area contributed by atoms with Gasteiger partial charge in [0.2, 0.25) is 0 Å². The Balaban J connectivity index is 0.00000144. The molecule has 0 bridgehead atoms. The van der Waals surface area contributed by atoms with E-state index < -0.39 is 0 Å². The molecule has 13 heavy (non-hydrogen) atoms. The number of hydrogen-bond donors (Lipinski definition) is 1. The zero-order chi connectivity index (χ0) is 8.81. The zero-order valence-corrected chi connectivity index (χ0v) is 8.12. The fourth-order valence-electron chi connectivity index (χ4n) is 0.857. The van der Waals surface area contributed by atoms with Crippen molar-refractivity contribution in [3.05, 3.63) is 24.0 Å². The summed E-state index contributed by atoms with van der Waals surface area (Å²) in [5.74, 6) is 0.828. The number of aromatic nitrogens is 1. The van der Waals surface area contributed by atoms with E-state index in [2.05, 4.69) is 4.98 Å². The van der Waals surface area contributed by atoms with E-state index in [4.69, 9.17) is 9.47 Å². The molecule has 1 aromatic rings. The van der Waals surface area contributed by atoms with Crippen molar-refractivity contribution in [3.8, 4) is 5.75 Å². The zero-order valence-electron chi connectivity index (χ0n) is 8.12. The number of rotatable bonds is 4. The third kappa shape index (κ3) is 3.87. The van der Waals surface area contributed by atoms with Crippen LogP contribution >= 0.6 is 0 Å². The topological polar surface area (TPSA) is 66.3 Å². The Morgan fingerprint density at radius 2 is 2.15 bits per heavy atom. The molecule has 0 aliphatic carbocycles. The third-order valence-corrected chi connectivity index (χ3v) is 1.50. The second-order valence-corrected chi connectivity index (χ2v) is 2.43. The summed E-state index contributed by atoms with van der Waals surface area (Å²) in [5, 5.41) is 0. The van der Waals surface area contributed by atoms with E-state index in [0.717, 1.165) is 11.4 Å². The Hall–Kier alpha value is -1.13. The van der Waals surface area contributed by atoms with Gasteiger partial charge in [-0.2, -0.15) is 0 Å². The van der Waals surface area contributed by atoms with Crippen LogP contribution in [0.25, 0.3) is 0 Å². The van der Waals surface area contributed by atoms with E-state index >= 15 is 0 Å². The molecule has 4 nitrogen and oxygen atoms in total. The maximum atomic E-state index is 5.39. The summed E-state index contributed by atoms with van der Waals surface area (Å²) >= 11 is 0. The Labute approximate surface area is 78.5 Å². The van der Waals surface area contributed by atoms with Gasteiger partial charge in [-0.3, -0.25) is 4.98 Å². The largest absolute Gasteiger partial charge is 0.489 e. The van der Waals surface area contributed by atoms with Gasteiger partial charge in [0.05, 0.1) is 12.3 Å². The van der Waals surface area contributed by atoms with Crippen molar-refractivity contribution in [2.45, 2.75) is 6.92 Å². The molecule has 0 fully saturated rings. The summed E-state index contributed by atoms with van der Waals surface area (Å²) in [6, 6.07) is 3.76. The van der Waals surface area contributed by atoms with Crippen LogP contribution in [0.15, 0.2) is 18.3 Å². The minimum Gasteiger partial charge on any atom is -0.489 e. The minimum atomic E-state index is 0. The summed E-state index contributed by atoms with van der Waals surface area (Å²) in [5.41, 5.74) is 0.911. The van der Waals surface area contributed by atoms with Gasteiger partial charge in [0.15, 0.2) is 0 Å². The second-order valence-electron chi connectivity index (χ2n) is 2.43. The van der Waals surface area contributed by atoms with Crippen molar-refractivity contribution in [1.82, 2.24) is 11.1 Å². The third-order valence-electron chi connectivity index (χ3n) is 1.50. The number of methoxy groups -OCH3 is 1. The molecule has 1 rings (SSSR count). The van der Waals surface area contributed by atoms with E-state index in [1.54, 1.807) is 13.3 Å². The number of nitrogens with zero attached hydrogens (tertiary/aromatic N) is 1. The highest BCUT2D eigenvalue weighted by molar-refractivity contribution is 5.25. The Morgan fingerprint density at radius 3 is 2.77 bits per heavy atom. The SMILES string of the molecule is COCCOc1cccnc1C.N. The summed E-state index contributed by atoms with van der Waals surface area (Å²) < 4.78 is 10.2. The van der Waals surface area contributed by atoms with Gasteiger partial charge >= 0.3 is 0 Å². The van der Waals surface area contributed by atoms with E-state index in [0.29, 0.717) is 13.2 Å². The molecular weight excluding hydrogens is 168 g/mol. The summed E-state index contributed by atoms with van der Waals surface area (Å²) in [6.07, 6.45) is 1.75. The average Bonchev–Trinajstić information content (AvgIpc) is 2.09. The Morgan fingerprint density at radius 1 is 1.38 bits per heavy atom. The van der Waals surface area contributed by atoms with Crippen LogP contribution in [-0.4, -0.2) is 25.3 Å². The molecule has 0 atom stereocenters. The standard InChI is InChI=1S/C9H13NO2.H3N/c1-8-9(4-3-5-10-8)12-7-6-11-2;/h3-5H,6-7H2,1-2H3;1H3. The Kier molecular flexibility index (Phi) is 5.84. The molecular formula is C9H16N2O2. The van der Waals surface area contributed by atoms with Crippen molar-refractivity contribution >= 4 is 0 Å². The van der Waals surface area contributed by atoms with Crippen LogP contribution in [0.4, 0.5) is 0 Å². The van der Waals surface area contributed by atoms with Gasteiger partial charge in [0, 0.05) is 13.3 Å². The molecule has 0 aliphatic rings. The first-order chi connectivity index (χ1) is 5.84. The molecule has 0 aromatic carbocycles. The summed E-state index contributed by atoms with van der Waals surface area (Å²) in [7, 11) is 1.65. The molecule has 0 aliphatic heterocycles. The van der Waals surface area contributed by atoms with Crippen LogP contribution in [0.5, 0.6) is 5.75 Å². The molecule has 0 saturated heterocycles. The highest BCUT2D eigenvalue weighted by atomic mass is 16.5. The molecule has 4 heteroatoms. The highest BCUT2D eigenvalue weighted by Gasteiger charge is 1.96. The van der Waals surface area contributed by atoms with Gasteiger partial charge in [0.25, 0.3) is 0 Å². The normalized spacial score (nSPS) is 9.08. The lowest BCUT2D eigenvalue weighted by Gasteiger charge is -2.06. The highest BCUT2D eigenvalue weighted by Crippen LogP contribution is 2.12. The van der Waals surface area contributed by atoms with Crippen molar-refractivity contribution in [2.24, 2.45) is 0 Å². The summed E-state index contributed by atoms with van der Waals surface area (Å²) in [6.45, 7) is 3.10. The lowest BCUT2D eigenvalue weighted by molar-refractivity contribution is 0.145. The van der Waals surface area contributed by atoms with Crippen LogP contribution < -0.4 is 10.9 Å². The fraction of sp³-hybridized carbons (Fsp3) is 0.444. The summed E-state index contributed by atoms with van der Waals surface area (Å²) in [4.78, 5) is 4.09. The van der Waals surface area contributed by atoms with Crippen molar-refractivity contribution < 1.29 is 9.47 Å². The van der Waals surface area contributed by atoms with Crippen LogP contribution in [0.2, 0.25) is 0 Å². The second kappa shape index (κ2) is 6.39. The van der Waals surface area contributed by atoms with Gasteiger partial charge in [-0.15, -0.1) is 0 Å².